The molecule has 0 spiro atoms. The van der Waals surface area contributed by atoms with Crippen LogP contribution in [0.1, 0.15) is 23.7 Å². The maximum atomic E-state index is 6.11. The van der Waals surface area contributed by atoms with Gasteiger partial charge >= 0.3 is 0 Å². The third-order valence-corrected chi connectivity index (χ3v) is 2.81. The zero-order valence-electron chi connectivity index (χ0n) is 10.0. The van der Waals surface area contributed by atoms with Crippen LogP contribution in [0, 0.1) is 13.8 Å². The van der Waals surface area contributed by atoms with Gasteiger partial charge < -0.3 is 0 Å². The number of hydrogen-bond donors (Lipinski definition) is 0. The van der Waals surface area contributed by atoms with Gasteiger partial charge in [0.1, 0.15) is 5.15 Å². The number of rotatable bonds is 2. The maximum Gasteiger partial charge on any atom is 0.199 e. The fraction of sp³-hybridized carbons (Fsp3) is 0.333. The molecule has 0 aromatic carbocycles. The molecular formula is C12H13ClN4. The van der Waals surface area contributed by atoms with Crippen molar-refractivity contribution in [2.45, 2.75) is 27.2 Å². The fourth-order valence-electron chi connectivity index (χ4n) is 1.57. The lowest BCUT2D eigenvalue weighted by Gasteiger charge is -2.06. The van der Waals surface area contributed by atoms with Crippen LogP contribution >= 0.6 is 11.6 Å². The quantitative estimate of drug-likeness (QED) is 0.767. The topological polar surface area (TPSA) is 51.6 Å². The molecule has 2 rings (SSSR count). The highest BCUT2D eigenvalue weighted by Crippen LogP contribution is 2.20. The first-order valence-electron chi connectivity index (χ1n) is 5.44. The number of aromatic nitrogens is 4. The van der Waals surface area contributed by atoms with E-state index in [-0.39, 0.29) is 0 Å². The van der Waals surface area contributed by atoms with E-state index in [0.717, 1.165) is 23.2 Å². The van der Waals surface area contributed by atoms with Crippen LogP contribution in [0.15, 0.2) is 12.4 Å². The summed E-state index contributed by atoms with van der Waals surface area (Å²) in [5.41, 5.74) is 2.86. The van der Waals surface area contributed by atoms with Crippen molar-refractivity contribution >= 4 is 11.6 Å². The Kier molecular flexibility index (Phi) is 3.33. The van der Waals surface area contributed by atoms with E-state index in [1.54, 1.807) is 12.4 Å². The molecular weight excluding hydrogens is 236 g/mol. The number of hydrogen-bond acceptors (Lipinski definition) is 4. The Balaban J connectivity index is 2.50. The van der Waals surface area contributed by atoms with Crippen molar-refractivity contribution in [3.8, 4) is 11.6 Å². The lowest BCUT2D eigenvalue weighted by Crippen LogP contribution is -2.01. The van der Waals surface area contributed by atoms with Crippen LogP contribution in [-0.4, -0.2) is 19.9 Å². The van der Waals surface area contributed by atoms with Crippen molar-refractivity contribution < 1.29 is 0 Å². The molecule has 0 radical (unpaired) electrons. The molecule has 5 heteroatoms. The average molecular weight is 249 g/mol. The highest BCUT2D eigenvalue weighted by atomic mass is 35.5. The predicted octanol–water partition coefficient (Wildman–Crippen LogP) is 2.77. The standard InChI is InChI=1S/C12H13ClN4/c1-4-9-8(3)16-12(17-10(9)13)11-14-5-7(2)6-15-11/h5-6H,4H2,1-3H3. The largest absolute Gasteiger partial charge is 0.234 e. The zero-order valence-corrected chi connectivity index (χ0v) is 10.8. The minimum Gasteiger partial charge on any atom is -0.234 e. The van der Waals surface area contributed by atoms with Gasteiger partial charge in [0.15, 0.2) is 11.6 Å². The van der Waals surface area contributed by atoms with Crippen LogP contribution in [0.3, 0.4) is 0 Å². The van der Waals surface area contributed by atoms with Gasteiger partial charge in [-0.25, -0.2) is 19.9 Å². The summed E-state index contributed by atoms with van der Waals surface area (Å²) in [7, 11) is 0. The van der Waals surface area contributed by atoms with Crippen LogP contribution in [0.2, 0.25) is 5.15 Å². The van der Waals surface area contributed by atoms with Crippen molar-refractivity contribution in [2.24, 2.45) is 0 Å². The van der Waals surface area contributed by atoms with Gasteiger partial charge in [-0.05, 0) is 25.8 Å². The Labute approximate surface area is 105 Å². The Morgan fingerprint density at radius 1 is 1.06 bits per heavy atom. The molecule has 0 aliphatic heterocycles. The number of aryl methyl sites for hydroxylation is 2. The molecule has 0 saturated carbocycles. The van der Waals surface area contributed by atoms with Crippen molar-refractivity contribution in [1.82, 2.24) is 19.9 Å². The number of halogens is 1. The first-order valence-corrected chi connectivity index (χ1v) is 5.81. The van der Waals surface area contributed by atoms with Gasteiger partial charge in [-0.3, -0.25) is 0 Å². The first-order chi connectivity index (χ1) is 8.11. The molecule has 0 aliphatic carbocycles. The molecule has 4 nitrogen and oxygen atoms in total. The predicted molar refractivity (Wildman–Crippen MR) is 66.9 cm³/mol. The first kappa shape index (κ1) is 11.9. The van der Waals surface area contributed by atoms with Crippen LogP contribution in [0.5, 0.6) is 0 Å². The molecule has 0 amide bonds. The molecule has 2 heterocycles. The van der Waals surface area contributed by atoms with Crippen LogP contribution in [0.4, 0.5) is 0 Å². The van der Waals surface area contributed by atoms with E-state index in [1.165, 1.54) is 0 Å². The van der Waals surface area contributed by atoms with Crippen molar-refractivity contribution in [3.05, 3.63) is 34.4 Å². The van der Waals surface area contributed by atoms with E-state index >= 15 is 0 Å². The third kappa shape index (κ3) is 2.42. The maximum absolute atomic E-state index is 6.11. The highest BCUT2D eigenvalue weighted by molar-refractivity contribution is 6.30. The molecule has 0 N–H and O–H groups in total. The second-order valence-corrected chi connectivity index (χ2v) is 4.20. The summed E-state index contributed by atoms with van der Waals surface area (Å²) in [6.45, 7) is 5.88. The SMILES string of the molecule is CCc1c(C)nc(-c2ncc(C)cn2)nc1Cl. The van der Waals surface area contributed by atoms with Gasteiger partial charge in [-0.1, -0.05) is 18.5 Å². The molecule has 2 aromatic rings. The minimum absolute atomic E-state index is 0.477. The van der Waals surface area contributed by atoms with E-state index in [1.807, 2.05) is 20.8 Å². The van der Waals surface area contributed by atoms with Crippen molar-refractivity contribution in [1.29, 1.82) is 0 Å². The fourth-order valence-corrected chi connectivity index (χ4v) is 1.92. The van der Waals surface area contributed by atoms with E-state index < -0.39 is 0 Å². The molecule has 0 unspecified atom stereocenters. The summed E-state index contributed by atoms with van der Waals surface area (Å²) in [5.74, 6) is 0.980. The van der Waals surface area contributed by atoms with E-state index in [9.17, 15) is 0 Å². The summed E-state index contributed by atoms with van der Waals surface area (Å²) >= 11 is 6.11. The Morgan fingerprint density at radius 2 is 1.71 bits per heavy atom. The Bertz CT molecular complexity index is 514. The molecule has 0 aliphatic rings. The van der Waals surface area contributed by atoms with E-state index in [2.05, 4.69) is 19.9 Å². The summed E-state index contributed by atoms with van der Waals surface area (Å²) in [4.78, 5) is 17.0. The molecule has 88 valence electrons. The van der Waals surface area contributed by atoms with Gasteiger partial charge in [0, 0.05) is 23.7 Å². The second kappa shape index (κ2) is 4.75. The lowest BCUT2D eigenvalue weighted by atomic mass is 10.2. The summed E-state index contributed by atoms with van der Waals surface area (Å²) in [5, 5.41) is 0.485. The minimum atomic E-state index is 0.477. The lowest BCUT2D eigenvalue weighted by molar-refractivity contribution is 0.979. The smallest absolute Gasteiger partial charge is 0.199 e. The highest BCUT2D eigenvalue weighted by Gasteiger charge is 2.11. The van der Waals surface area contributed by atoms with Crippen molar-refractivity contribution in [2.75, 3.05) is 0 Å². The summed E-state index contributed by atoms with van der Waals surface area (Å²) < 4.78 is 0. The summed E-state index contributed by atoms with van der Waals surface area (Å²) in [6, 6.07) is 0. The Morgan fingerprint density at radius 3 is 2.24 bits per heavy atom. The van der Waals surface area contributed by atoms with Gasteiger partial charge in [0.25, 0.3) is 0 Å². The van der Waals surface area contributed by atoms with E-state index in [0.29, 0.717) is 16.8 Å². The van der Waals surface area contributed by atoms with Crippen molar-refractivity contribution in [3.63, 3.8) is 0 Å². The van der Waals surface area contributed by atoms with Gasteiger partial charge in [-0.15, -0.1) is 0 Å². The Hall–Kier alpha value is -1.55. The second-order valence-electron chi connectivity index (χ2n) is 3.84. The summed E-state index contributed by atoms with van der Waals surface area (Å²) in [6.07, 6.45) is 4.30. The van der Waals surface area contributed by atoms with Crippen LogP contribution < -0.4 is 0 Å². The monoisotopic (exact) mass is 248 g/mol. The molecule has 0 atom stereocenters. The molecule has 2 aromatic heterocycles. The van der Waals surface area contributed by atoms with Crippen LogP contribution in [0.25, 0.3) is 11.6 Å². The van der Waals surface area contributed by atoms with Crippen LogP contribution in [-0.2, 0) is 6.42 Å². The number of nitrogens with zero attached hydrogens (tertiary/aromatic N) is 4. The molecule has 0 bridgehead atoms. The third-order valence-electron chi connectivity index (χ3n) is 2.50. The van der Waals surface area contributed by atoms with Gasteiger partial charge in [0.2, 0.25) is 0 Å². The molecule has 0 saturated heterocycles. The van der Waals surface area contributed by atoms with Gasteiger partial charge in [0.05, 0.1) is 0 Å². The molecule has 0 fully saturated rings. The molecule has 17 heavy (non-hydrogen) atoms. The van der Waals surface area contributed by atoms with Gasteiger partial charge in [-0.2, -0.15) is 0 Å². The average Bonchev–Trinajstić information content (AvgIpc) is 2.29. The normalized spacial score (nSPS) is 10.6. The van der Waals surface area contributed by atoms with E-state index in [4.69, 9.17) is 11.6 Å². The zero-order chi connectivity index (χ0) is 12.4.